The van der Waals surface area contributed by atoms with Crippen molar-refractivity contribution in [2.24, 2.45) is 0 Å². The van der Waals surface area contributed by atoms with Crippen LogP contribution in [0.4, 0.5) is 0 Å². The van der Waals surface area contributed by atoms with E-state index in [2.05, 4.69) is 10.2 Å². The second-order valence-electron chi connectivity index (χ2n) is 6.26. The van der Waals surface area contributed by atoms with Gasteiger partial charge in [-0.3, -0.25) is 4.79 Å². The van der Waals surface area contributed by atoms with Crippen LogP contribution < -0.4 is 5.32 Å². The molecule has 3 aliphatic rings. The number of morpholine rings is 1. The Hall–Kier alpha value is -0.650. The van der Waals surface area contributed by atoms with Crippen molar-refractivity contribution in [2.75, 3.05) is 45.9 Å². The molecule has 1 amide bonds. The Morgan fingerprint density at radius 1 is 1.15 bits per heavy atom. The van der Waals surface area contributed by atoms with Crippen LogP contribution in [0, 0.1) is 0 Å². The van der Waals surface area contributed by atoms with E-state index in [9.17, 15) is 4.79 Å². The molecule has 1 N–H and O–H groups in total. The first-order chi connectivity index (χ1) is 9.83. The molecule has 0 aromatic rings. The zero-order valence-electron chi connectivity index (χ0n) is 12.4. The van der Waals surface area contributed by atoms with E-state index < -0.39 is 0 Å². The number of rotatable bonds is 3. The first-order valence-corrected chi connectivity index (χ1v) is 8.17. The summed E-state index contributed by atoms with van der Waals surface area (Å²) >= 11 is 0. The molecule has 0 aromatic carbocycles. The summed E-state index contributed by atoms with van der Waals surface area (Å²) in [6, 6.07) is 0.717. The van der Waals surface area contributed by atoms with Gasteiger partial charge in [0.15, 0.2) is 0 Å². The van der Waals surface area contributed by atoms with Crippen LogP contribution in [0.2, 0.25) is 0 Å². The van der Waals surface area contributed by atoms with Crippen LogP contribution in [0.3, 0.4) is 0 Å². The second-order valence-corrected chi connectivity index (χ2v) is 6.26. The molecular weight excluding hydrogens is 254 g/mol. The first kappa shape index (κ1) is 14.3. The van der Waals surface area contributed by atoms with E-state index in [0.29, 0.717) is 12.5 Å². The van der Waals surface area contributed by atoms with Gasteiger partial charge in [-0.15, -0.1) is 0 Å². The lowest BCUT2D eigenvalue weighted by molar-refractivity contribution is -0.136. The van der Waals surface area contributed by atoms with Gasteiger partial charge < -0.3 is 19.9 Å². The van der Waals surface area contributed by atoms with Crippen molar-refractivity contribution >= 4 is 5.91 Å². The summed E-state index contributed by atoms with van der Waals surface area (Å²) in [6.45, 7) is 6.84. The number of carbonyl (C=O) groups is 1. The largest absolute Gasteiger partial charge is 0.375 e. The predicted molar refractivity (Wildman–Crippen MR) is 77.6 cm³/mol. The second kappa shape index (κ2) is 6.87. The third kappa shape index (κ3) is 3.51. The van der Waals surface area contributed by atoms with Crippen molar-refractivity contribution in [3.8, 4) is 0 Å². The normalized spacial score (nSPS) is 29.8. The molecule has 114 valence electrons. The van der Waals surface area contributed by atoms with Crippen molar-refractivity contribution in [3.63, 3.8) is 0 Å². The van der Waals surface area contributed by atoms with Crippen LogP contribution in [0.1, 0.15) is 32.1 Å². The summed E-state index contributed by atoms with van der Waals surface area (Å²) in [6.07, 6.45) is 5.62. The van der Waals surface area contributed by atoms with E-state index in [-0.39, 0.29) is 12.0 Å². The number of ether oxygens (including phenoxy) is 1. The quantitative estimate of drug-likeness (QED) is 0.816. The number of hydrogen-bond acceptors (Lipinski definition) is 4. The van der Waals surface area contributed by atoms with Gasteiger partial charge in [-0.2, -0.15) is 0 Å². The van der Waals surface area contributed by atoms with Gasteiger partial charge in [0.1, 0.15) is 0 Å². The highest BCUT2D eigenvalue weighted by molar-refractivity contribution is 5.76. The SMILES string of the molecule is O=C(CC1CNCCO1)N1CCC(N2CCCC2)CC1. The van der Waals surface area contributed by atoms with Crippen LogP contribution in [0.5, 0.6) is 0 Å². The number of piperidine rings is 1. The highest BCUT2D eigenvalue weighted by atomic mass is 16.5. The van der Waals surface area contributed by atoms with Crippen molar-refractivity contribution in [1.82, 2.24) is 15.1 Å². The number of carbonyl (C=O) groups excluding carboxylic acids is 1. The molecule has 0 saturated carbocycles. The summed E-state index contributed by atoms with van der Waals surface area (Å²) < 4.78 is 5.62. The third-order valence-electron chi connectivity index (χ3n) is 4.88. The Morgan fingerprint density at radius 3 is 2.55 bits per heavy atom. The Morgan fingerprint density at radius 2 is 1.90 bits per heavy atom. The Bertz CT molecular complexity index is 317. The number of hydrogen-bond donors (Lipinski definition) is 1. The molecule has 3 heterocycles. The van der Waals surface area contributed by atoms with Gasteiger partial charge in [-0.05, 0) is 38.8 Å². The van der Waals surface area contributed by atoms with E-state index in [0.717, 1.165) is 45.6 Å². The number of nitrogens with one attached hydrogen (secondary N) is 1. The van der Waals surface area contributed by atoms with E-state index in [1.165, 1.54) is 25.9 Å². The molecule has 20 heavy (non-hydrogen) atoms. The van der Waals surface area contributed by atoms with Crippen molar-refractivity contribution in [3.05, 3.63) is 0 Å². The van der Waals surface area contributed by atoms with Gasteiger partial charge in [0.2, 0.25) is 5.91 Å². The first-order valence-electron chi connectivity index (χ1n) is 8.17. The highest BCUT2D eigenvalue weighted by Gasteiger charge is 2.29. The molecule has 0 radical (unpaired) electrons. The van der Waals surface area contributed by atoms with E-state index >= 15 is 0 Å². The van der Waals surface area contributed by atoms with Gasteiger partial charge in [-0.1, -0.05) is 0 Å². The molecule has 5 heteroatoms. The fourth-order valence-electron chi connectivity index (χ4n) is 3.66. The van der Waals surface area contributed by atoms with Gasteiger partial charge in [-0.25, -0.2) is 0 Å². The van der Waals surface area contributed by atoms with Gasteiger partial charge in [0.05, 0.1) is 19.1 Å². The standard InChI is InChI=1S/C15H27N3O2/c19-15(11-14-12-16-5-10-20-14)18-8-3-13(4-9-18)17-6-1-2-7-17/h13-14,16H,1-12H2. The lowest BCUT2D eigenvalue weighted by Crippen LogP contribution is -2.48. The summed E-state index contributed by atoms with van der Waals surface area (Å²) in [5.41, 5.74) is 0. The fraction of sp³-hybridized carbons (Fsp3) is 0.933. The number of likely N-dealkylation sites (tertiary alicyclic amines) is 2. The maximum absolute atomic E-state index is 12.3. The molecule has 0 spiro atoms. The minimum Gasteiger partial charge on any atom is -0.375 e. The third-order valence-corrected chi connectivity index (χ3v) is 4.88. The lowest BCUT2D eigenvalue weighted by Gasteiger charge is -2.37. The Balaban J connectivity index is 1.41. The van der Waals surface area contributed by atoms with Crippen LogP contribution in [0.25, 0.3) is 0 Å². The summed E-state index contributed by atoms with van der Waals surface area (Å²) in [7, 11) is 0. The zero-order valence-corrected chi connectivity index (χ0v) is 12.4. The Kier molecular flexibility index (Phi) is 4.91. The molecule has 0 bridgehead atoms. The molecular formula is C15H27N3O2. The van der Waals surface area contributed by atoms with Gasteiger partial charge in [0, 0.05) is 32.2 Å². The van der Waals surface area contributed by atoms with Crippen LogP contribution in [0.15, 0.2) is 0 Å². The summed E-state index contributed by atoms with van der Waals surface area (Å²) in [5, 5.41) is 3.28. The van der Waals surface area contributed by atoms with Crippen molar-refractivity contribution in [1.29, 1.82) is 0 Å². The molecule has 0 aromatic heterocycles. The van der Waals surface area contributed by atoms with Gasteiger partial charge in [0.25, 0.3) is 0 Å². The molecule has 1 unspecified atom stereocenters. The van der Waals surface area contributed by atoms with Crippen molar-refractivity contribution < 1.29 is 9.53 Å². The van der Waals surface area contributed by atoms with Crippen molar-refractivity contribution in [2.45, 2.75) is 44.2 Å². The summed E-state index contributed by atoms with van der Waals surface area (Å²) in [5.74, 6) is 0.276. The maximum Gasteiger partial charge on any atom is 0.225 e. The average Bonchev–Trinajstić information content (AvgIpc) is 3.03. The van der Waals surface area contributed by atoms with E-state index in [1.807, 2.05) is 4.90 Å². The fourth-order valence-corrected chi connectivity index (χ4v) is 3.66. The minimum absolute atomic E-state index is 0.0764. The average molecular weight is 281 g/mol. The molecule has 3 aliphatic heterocycles. The van der Waals surface area contributed by atoms with Crippen LogP contribution in [-0.2, 0) is 9.53 Å². The molecule has 3 rings (SSSR count). The Labute approximate surface area is 121 Å². The smallest absolute Gasteiger partial charge is 0.225 e. The molecule has 3 saturated heterocycles. The topological polar surface area (TPSA) is 44.8 Å². The van der Waals surface area contributed by atoms with Crippen LogP contribution in [-0.4, -0.2) is 73.7 Å². The number of nitrogens with zero attached hydrogens (tertiary/aromatic N) is 2. The molecule has 1 atom stereocenters. The van der Waals surface area contributed by atoms with E-state index in [1.54, 1.807) is 0 Å². The zero-order chi connectivity index (χ0) is 13.8. The van der Waals surface area contributed by atoms with E-state index in [4.69, 9.17) is 4.74 Å². The van der Waals surface area contributed by atoms with Crippen LogP contribution >= 0.6 is 0 Å². The summed E-state index contributed by atoms with van der Waals surface area (Å²) in [4.78, 5) is 17.0. The molecule has 0 aliphatic carbocycles. The molecule has 5 nitrogen and oxygen atoms in total. The maximum atomic E-state index is 12.3. The monoisotopic (exact) mass is 281 g/mol. The minimum atomic E-state index is 0.0764. The van der Waals surface area contributed by atoms with Gasteiger partial charge >= 0.3 is 0 Å². The molecule has 3 fully saturated rings. The number of amides is 1. The lowest BCUT2D eigenvalue weighted by atomic mass is 10.0. The predicted octanol–water partition coefficient (Wildman–Crippen LogP) is 0.452. The highest BCUT2D eigenvalue weighted by Crippen LogP contribution is 2.21.